The number of unbranched alkanes of at least 4 members (excludes halogenated alkanes) is 1. The summed E-state index contributed by atoms with van der Waals surface area (Å²) in [7, 11) is 0. The Balaban J connectivity index is 1.47. The first-order valence-corrected chi connectivity index (χ1v) is 14.2. The molecular weight excluding hydrogens is 588 g/mol. The minimum atomic E-state index is -0.636. The van der Waals surface area contributed by atoms with Crippen LogP contribution in [0.5, 0.6) is 23.0 Å². The highest BCUT2D eigenvalue weighted by Gasteiger charge is 2.32. The van der Waals surface area contributed by atoms with E-state index in [0.29, 0.717) is 47.2 Å². The van der Waals surface area contributed by atoms with Crippen LogP contribution in [-0.2, 0) is 0 Å². The van der Waals surface area contributed by atoms with Crippen LogP contribution in [0.3, 0.4) is 0 Å². The van der Waals surface area contributed by atoms with E-state index in [-0.39, 0.29) is 23.0 Å². The Labute approximate surface area is 246 Å². The molecule has 2 N–H and O–H groups in total. The molecule has 0 amide bonds. The molecule has 2 heterocycles. The van der Waals surface area contributed by atoms with E-state index in [9.17, 15) is 10.1 Å². The summed E-state index contributed by atoms with van der Waals surface area (Å²) in [5, 5.41) is 10.8. The van der Waals surface area contributed by atoms with Crippen LogP contribution in [0.1, 0.15) is 59.9 Å². The summed E-state index contributed by atoms with van der Waals surface area (Å²) in [4.78, 5) is 13.1. The highest BCUT2D eigenvalue weighted by atomic mass is 79.9. The number of esters is 1. The van der Waals surface area contributed by atoms with Gasteiger partial charge in [0.25, 0.3) is 0 Å². The van der Waals surface area contributed by atoms with Gasteiger partial charge in [0.05, 0.1) is 19.1 Å². The number of ether oxygens (including phenoxy) is 4. The predicted molar refractivity (Wildman–Crippen MR) is 157 cm³/mol. The Morgan fingerprint density at radius 2 is 1.90 bits per heavy atom. The molecule has 1 atom stereocenters. The molecule has 0 aliphatic carbocycles. The molecule has 41 heavy (non-hydrogen) atoms. The van der Waals surface area contributed by atoms with Gasteiger partial charge in [-0.15, -0.1) is 0 Å². The third-order valence-electron chi connectivity index (χ3n) is 6.84. The van der Waals surface area contributed by atoms with Gasteiger partial charge in [-0.05, 0) is 62.2 Å². The van der Waals surface area contributed by atoms with E-state index in [1.165, 1.54) is 0 Å². The highest BCUT2D eigenvalue weighted by molar-refractivity contribution is 9.10. The Morgan fingerprint density at radius 1 is 1.07 bits per heavy atom. The van der Waals surface area contributed by atoms with Crippen LogP contribution in [0, 0.1) is 18.3 Å². The number of halogens is 1. The summed E-state index contributed by atoms with van der Waals surface area (Å²) in [6.45, 7) is 6.85. The van der Waals surface area contributed by atoms with Crippen molar-refractivity contribution in [2.45, 2.75) is 39.5 Å². The van der Waals surface area contributed by atoms with E-state index >= 15 is 0 Å². The molecule has 1 unspecified atom stereocenters. The maximum absolute atomic E-state index is 13.1. The minimum Gasteiger partial charge on any atom is -0.490 e. The smallest absolute Gasteiger partial charge is 0.379 e. The second kappa shape index (κ2) is 12.0. The van der Waals surface area contributed by atoms with Crippen LogP contribution in [0.25, 0.3) is 11.0 Å². The molecule has 5 rings (SSSR count). The van der Waals surface area contributed by atoms with Crippen LogP contribution in [0.2, 0.25) is 0 Å². The molecule has 0 saturated heterocycles. The van der Waals surface area contributed by atoms with E-state index in [0.717, 1.165) is 28.3 Å². The molecule has 0 spiro atoms. The molecule has 4 aromatic rings. The number of rotatable bonds is 9. The topological polar surface area (TPSA) is 117 Å². The number of allylic oxidation sites excluding steroid dienone is 1. The number of carbonyl (C=O) groups excluding carboxylic acids is 1. The Morgan fingerprint density at radius 3 is 2.66 bits per heavy atom. The summed E-state index contributed by atoms with van der Waals surface area (Å²) in [6, 6.07) is 18.3. The second-order valence-corrected chi connectivity index (χ2v) is 10.5. The number of nitrogens with zero attached hydrogens (tertiary/aromatic N) is 1. The number of hydrogen-bond donors (Lipinski definition) is 1. The molecule has 0 fully saturated rings. The number of nitriles is 1. The van der Waals surface area contributed by atoms with Crippen LogP contribution in [-0.4, -0.2) is 19.2 Å². The fourth-order valence-corrected chi connectivity index (χ4v) is 5.16. The molecule has 0 saturated carbocycles. The van der Waals surface area contributed by atoms with E-state index in [2.05, 4.69) is 28.9 Å². The van der Waals surface area contributed by atoms with Gasteiger partial charge in [0, 0.05) is 27.1 Å². The van der Waals surface area contributed by atoms with Gasteiger partial charge in [-0.25, -0.2) is 4.79 Å². The van der Waals surface area contributed by atoms with Crippen molar-refractivity contribution in [2.75, 3.05) is 13.2 Å². The van der Waals surface area contributed by atoms with Crippen molar-refractivity contribution >= 4 is 32.9 Å². The summed E-state index contributed by atoms with van der Waals surface area (Å²) in [6.07, 6.45) is 1.95. The van der Waals surface area contributed by atoms with Crippen LogP contribution >= 0.6 is 15.9 Å². The molecule has 1 aliphatic rings. The van der Waals surface area contributed by atoms with Gasteiger partial charge in [0.2, 0.25) is 11.6 Å². The number of furan rings is 1. The maximum Gasteiger partial charge on any atom is 0.379 e. The second-order valence-electron chi connectivity index (χ2n) is 9.55. The first-order chi connectivity index (χ1) is 19.8. The summed E-state index contributed by atoms with van der Waals surface area (Å²) >= 11 is 3.45. The van der Waals surface area contributed by atoms with Crippen LogP contribution in [0.15, 0.2) is 74.9 Å². The first kappa shape index (κ1) is 28.1. The molecule has 9 heteroatoms. The monoisotopic (exact) mass is 616 g/mol. The maximum atomic E-state index is 13.1. The normalized spacial score (nSPS) is 14.3. The zero-order valence-electron chi connectivity index (χ0n) is 23.0. The lowest BCUT2D eigenvalue weighted by molar-refractivity contribution is 0.0702. The van der Waals surface area contributed by atoms with Crippen molar-refractivity contribution in [1.82, 2.24) is 0 Å². The number of aryl methyl sites for hydroxylation is 1. The molecule has 8 nitrogen and oxygen atoms in total. The lowest BCUT2D eigenvalue weighted by Crippen LogP contribution is -2.21. The number of nitrogens with two attached hydrogens (primary N) is 1. The third kappa shape index (κ3) is 5.61. The van der Waals surface area contributed by atoms with E-state index in [4.69, 9.17) is 29.1 Å². The standard InChI is InChI=1S/C32H29BrN2O6/c1-4-6-13-38-26-11-7-19(14-28(26)37-5-2)29-22-10-9-21(16-27(22)41-31(35)24(29)17-34)39-32(36)30-18(3)23-15-20(33)8-12-25(23)40-30/h7-12,14-16,29H,4-6,13,35H2,1-3H3. The van der Waals surface area contributed by atoms with E-state index in [1.54, 1.807) is 31.2 Å². The summed E-state index contributed by atoms with van der Waals surface area (Å²) in [5.74, 6) is 0.793. The molecule has 0 bridgehead atoms. The number of carbonyl (C=O) groups is 1. The van der Waals surface area contributed by atoms with Gasteiger partial charge in [0.15, 0.2) is 11.5 Å². The predicted octanol–water partition coefficient (Wildman–Crippen LogP) is 7.52. The quantitative estimate of drug-likeness (QED) is 0.116. The Bertz CT molecular complexity index is 1700. The summed E-state index contributed by atoms with van der Waals surface area (Å²) in [5.41, 5.74) is 9.23. The van der Waals surface area contributed by atoms with Crippen molar-refractivity contribution < 1.29 is 28.2 Å². The van der Waals surface area contributed by atoms with Gasteiger partial charge < -0.3 is 29.1 Å². The van der Waals surface area contributed by atoms with Crippen molar-refractivity contribution in [3.05, 3.63) is 93.0 Å². The van der Waals surface area contributed by atoms with Crippen LogP contribution in [0.4, 0.5) is 0 Å². The fraction of sp³-hybridized carbons (Fsp3) is 0.250. The van der Waals surface area contributed by atoms with Gasteiger partial charge >= 0.3 is 5.97 Å². The average Bonchev–Trinajstić information content (AvgIpc) is 3.28. The highest BCUT2D eigenvalue weighted by Crippen LogP contribution is 2.45. The zero-order chi connectivity index (χ0) is 29.1. The van der Waals surface area contributed by atoms with Gasteiger partial charge in [-0.2, -0.15) is 5.26 Å². The number of fused-ring (bicyclic) bond motifs is 2. The van der Waals surface area contributed by atoms with Crippen molar-refractivity contribution in [2.24, 2.45) is 5.73 Å². The zero-order valence-corrected chi connectivity index (χ0v) is 24.5. The first-order valence-electron chi connectivity index (χ1n) is 13.4. The van der Waals surface area contributed by atoms with E-state index in [1.807, 2.05) is 37.3 Å². The number of hydrogen-bond acceptors (Lipinski definition) is 8. The largest absolute Gasteiger partial charge is 0.490 e. The minimum absolute atomic E-state index is 0.0200. The molecule has 210 valence electrons. The molecule has 1 aromatic heterocycles. The molecule has 0 radical (unpaired) electrons. The average molecular weight is 617 g/mol. The van der Waals surface area contributed by atoms with Crippen molar-refractivity contribution in [3.8, 4) is 29.1 Å². The summed E-state index contributed by atoms with van der Waals surface area (Å²) < 4.78 is 30.0. The molecule has 1 aliphatic heterocycles. The number of benzene rings is 3. The fourth-order valence-electron chi connectivity index (χ4n) is 4.80. The van der Waals surface area contributed by atoms with Crippen molar-refractivity contribution in [1.29, 1.82) is 5.26 Å². The van der Waals surface area contributed by atoms with Crippen LogP contribution < -0.4 is 24.7 Å². The van der Waals surface area contributed by atoms with Gasteiger partial charge in [-0.3, -0.25) is 0 Å². The Hall–Kier alpha value is -4.42. The van der Waals surface area contributed by atoms with Crippen molar-refractivity contribution in [3.63, 3.8) is 0 Å². The molecular formula is C32H29BrN2O6. The Kier molecular flexibility index (Phi) is 8.22. The lowest BCUT2D eigenvalue weighted by atomic mass is 9.83. The third-order valence-corrected chi connectivity index (χ3v) is 7.33. The SMILES string of the molecule is CCCCOc1ccc(C2C(C#N)=C(N)Oc3cc(OC(=O)c4oc5ccc(Br)cc5c4C)ccc32)cc1OCC. The van der Waals surface area contributed by atoms with Gasteiger partial charge in [-0.1, -0.05) is 41.4 Å². The van der Waals surface area contributed by atoms with E-state index < -0.39 is 11.9 Å². The molecule has 3 aromatic carbocycles. The van der Waals surface area contributed by atoms with Gasteiger partial charge in [0.1, 0.15) is 28.7 Å². The lowest BCUT2D eigenvalue weighted by Gasteiger charge is -2.27.